The number of rotatable bonds is 17. The van der Waals surface area contributed by atoms with Gasteiger partial charge in [-0.15, -0.1) is 11.3 Å². The summed E-state index contributed by atoms with van der Waals surface area (Å²) in [5, 5.41) is 17.1. The number of pyridine rings is 1. The molecule has 82 heavy (non-hydrogen) atoms. The van der Waals surface area contributed by atoms with Crippen LogP contribution in [-0.2, 0) is 24.6 Å². The van der Waals surface area contributed by atoms with Crippen molar-refractivity contribution in [2.45, 2.75) is 90.7 Å². The number of ketones is 1. The molecule has 20 nitrogen and oxygen atoms in total. The molecule has 6 aromatic rings. The predicted octanol–water partition coefficient (Wildman–Crippen LogP) is 5.87. The Morgan fingerprint density at radius 2 is 1.55 bits per heavy atom. The number of fused-ring (bicyclic) bond motifs is 1. The predicted molar refractivity (Wildman–Crippen MR) is 305 cm³/mol. The lowest BCUT2D eigenvalue weighted by molar-refractivity contribution is -0.144. The van der Waals surface area contributed by atoms with Crippen LogP contribution < -0.4 is 20.3 Å². The number of aliphatic hydroxyl groups is 1. The zero-order chi connectivity index (χ0) is 58.2. The number of H-pyrrole nitrogens is 1. The van der Waals surface area contributed by atoms with Gasteiger partial charge in [0.1, 0.15) is 29.7 Å². The fourth-order valence-electron chi connectivity index (χ4n) is 11.3. The largest absolute Gasteiger partial charge is 0.391 e. The summed E-state index contributed by atoms with van der Waals surface area (Å²) in [6.07, 6.45) is 5.81. The molecular weight excluding hydrogens is 1100 g/mol. The third kappa shape index (κ3) is 12.8. The van der Waals surface area contributed by atoms with E-state index in [1.807, 2.05) is 69.1 Å². The summed E-state index contributed by atoms with van der Waals surface area (Å²) in [6, 6.07) is 9.04. The van der Waals surface area contributed by atoms with Gasteiger partial charge in [0, 0.05) is 119 Å². The third-order valence-corrected chi connectivity index (χ3v) is 18.5. The molecule has 0 unspecified atom stereocenters. The number of aryl methyl sites for hydroxylation is 1. The van der Waals surface area contributed by atoms with Gasteiger partial charge in [-0.3, -0.25) is 28.8 Å². The lowest BCUT2D eigenvalue weighted by Gasteiger charge is -2.39. The fourth-order valence-corrected chi connectivity index (χ4v) is 13.4. The van der Waals surface area contributed by atoms with Gasteiger partial charge < -0.3 is 35.4 Å². The first-order valence-corrected chi connectivity index (χ1v) is 29.9. The molecule has 8 heterocycles. The molecule has 3 amide bonds. The number of anilines is 2. The van der Waals surface area contributed by atoms with Crippen LogP contribution in [0.4, 0.5) is 24.8 Å². The number of β-amino-alcohol motifs (C(OH)–C–C–N with tert-alkyl or cyclic N) is 1. The van der Waals surface area contributed by atoms with Crippen molar-refractivity contribution in [2.24, 2.45) is 11.3 Å². The minimum atomic E-state index is -4.38. The number of alkyl halides is 1. The highest BCUT2D eigenvalue weighted by atomic mass is 32.2. The van der Waals surface area contributed by atoms with Gasteiger partial charge in [0.15, 0.2) is 5.82 Å². The molecule has 4 aromatic heterocycles. The molecule has 4 aliphatic rings. The van der Waals surface area contributed by atoms with Crippen LogP contribution >= 0.6 is 11.3 Å². The molecule has 0 radical (unpaired) electrons. The average Bonchev–Trinajstić information content (AvgIpc) is 4.13. The molecule has 25 heteroatoms. The molecule has 0 aliphatic carbocycles. The van der Waals surface area contributed by atoms with E-state index in [2.05, 4.69) is 50.3 Å². The molecule has 0 saturated carbocycles. The van der Waals surface area contributed by atoms with Gasteiger partial charge in [0.05, 0.1) is 46.0 Å². The van der Waals surface area contributed by atoms with E-state index >= 15 is 8.78 Å². The molecule has 5 atom stereocenters. The first kappa shape index (κ1) is 58.3. The number of aliphatic hydroxyl groups excluding tert-OH is 1. The maximum atomic E-state index is 15.8. The van der Waals surface area contributed by atoms with E-state index in [9.17, 15) is 37.1 Å². The molecule has 0 spiro atoms. The van der Waals surface area contributed by atoms with E-state index in [1.54, 1.807) is 36.0 Å². The van der Waals surface area contributed by atoms with Crippen LogP contribution in [0.15, 0.2) is 72.8 Å². The summed E-state index contributed by atoms with van der Waals surface area (Å²) in [4.78, 5) is 85.7. The monoisotopic (exact) mass is 1170 g/mol. The molecule has 2 aromatic carbocycles. The normalized spacial score (nSPS) is 20.5. The molecule has 4 fully saturated rings. The van der Waals surface area contributed by atoms with Gasteiger partial charge in [0.25, 0.3) is 0 Å². The van der Waals surface area contributed by atoms with Crippen LogP contribution in [0.2, 0.25) is 0 Å². The van der Waals surface area contributed by atoms with Gasteiger partial charge in [-0.05, 0) is 73.8 Å². The van der Waals surface area contributed by atoms with E-state index < -0.39 is 81.1 Å². The van der Waals surface area contributed by atoms with E-state index in [0.29, 0.717) is 36.1 Å². The third-order valence-electron chi connectivity index (χ3n) is 16.0. The number of aromatic amines is 1. The number of likely N-dealkylation sites (tertiary alicyclic amines) is 1. The van der Waals surface area contributed by atoms with Crippen molar-refractivity contribution < 1.29 is 45.9 Å². The lowest BCUT2D eigenvalue weighted by Crippen LogP contribution is -2.59. The molecular formula is C57H68F3N13O7S2. The number of nitrogens with zero attached hydrogens (tertiary/aromatic N) is 9. The SMILES string of the molecule is Cc1ncsc1-c1ccc([C@H](C)NC(=O)[C@@H]2C[C@@H](O)CN2C(=O)[C@@H](NC(=O)CN2CCN(CC3CCN(c4ncc(-c5cnc6[nH]cc(C(=O)c7c(F)ccc(NS(=O)(=O)N8CC[C@@H](F)C8)c7F)c6c5)cn4)CC3)CC2)C(C)(C)C)cc1. The van der Waals surface area contributed by atoms with Gasteiger partial charge in [-0.1, -0.05) is 45.0 Å². The van der Waals surface area contributed by atoms with E-state index in [1.165, 1.54) is 11.1 Å². The van der Waals surface area contributed by atoms with Crippen LogP contribution in [0.5, 0.6) is 0 Å². The summed E-state index contributed by atoms with van der Waals surface area (Å²) in [5.41, 5.74) is 3.69. The van der Waals surface area contributed by atoms with Crippen molar-refractivity contribution >= 4 is 67.7 Å². The number of hydrogen-bond acceptors (Lipinski definition) is 15. The number of nitrogens with one attached hydrogen (secondary N) is 4. The van der Waals surface area contributed by atoms with Crippen LogP contribution in [0, 0.1) is 29.9 Å². The average molecular weight is 1170 g/mol. The van der Waals surface area contributed by atoms with Crippen LogP contribution in [-0.4, -0.2) is 177 Å². The Labute approximate surface area is 478 Å². The van der Waals surface area contributed by atoms with Crippen molar-refractivity contribution in [3.8, 4) is 21.6 Å². The molecule has 4 aliphatic heterocycles. The Morgan fingerprint density at radius 1 is 0.854 bits per heavy atom. The van der Waals surface area contributed by atoms with Crippen LogP contribution in [0.3, 0.4) is 0 Å². The Morgan fingerprint density at radius 3 is 2.21 bits per heavy atom. The van der Waals surface area contributed by atoms with Gasteiger partial charge in [-0.25, -0.2) is 33.1 Å². The molecule has 0 bridgehead atoms. The van der Waals surface area contributed by atoms with Crippen molar-refractivity contribution in [1.29, 1.82) is 0 Å². The molecule has 10 rings (SSSR count). The maximum absolute atomic E-state index is 15.8. The fraction of sp³-hybridized carbons (Fsp3) is 0.474. The number of carbonyl (C=O) groups excluding carboxylic acids is 4. The summed E-state index contributed by atoms with van der Waals surface area (Å²) in [5.74, 6) is -3.71. The summed E-state index contributed by atoms with van der Waals surface area (Å²) in [7, 11) is -4.38. The number of benzene rings is 2. The van der Waals surface area contributed by atoms with Gasteiger partial charge >= 0.3 is 10.2 Å². The van der Waals surface area contributed by atoms with E-state index in [4.69, 9.17) is 0 Å². The minimum Gasteiger partial charge on any atom is -0.391 e. The zero-order valence-corrected chi connectivity index (χ0v) is 48.0. The first-order chi connectivity index (χ1) is 39.1. The van der Waals surface area contributed by atoms with Gasteiger partial charge in [-0.2, -0.15) is 12.7 Å². The summed E-state index contributed by atoms with van der Waals surface area (Å²) in [6.45, 7) is 14.4. The Kier molecular flexibility index (Phi) is 17.2. The second kappa shape index (κ2) is 24.1. The van der Waals surface area contributed by atoms with Crippen molar-refractivity contribution in [2.75, 3.05) is 81.6 Å². The van der Waals surface area contributed by atoms with E-state index in [-0.39, 0.29) is 66.9 Å². The summed E-state index contributed by atoms with van der Waals surface area (Å²) >= 11 is 1.57. The number of carbonyl (C=O) groups is 4. The smallest absolute Gasteiger partial charge is 0.301 e. The minimum absolute atomic E-state index is 0.0130. The second-order valence-corrected chi connectivity index (χ2v) is 25.5. The highest BCUT2D eigenvalue weighted by molar-refractivity contribution is 7.90. The van der Waals surface area contributed by atoms with Crippen LogP contribution in [0.25, 0.3) is 32.6 Å². The molecule has 4 saturated heterocycles. The highest BCUT2D eigenvalue weighted by Crippen LogP contribution is 2.33. The van der Waals surface area contributed by atoms with Crippen LogP contribution in [0.1, 0.15) is 86.6 Å². The van der Waals surface area contributed by atoms with Crippen molar-refractivity contribution in [1.82, 2.24) is 54.6 Å². The number of piperidine rings is 1. The number of aromatic nitrogens is 5. The van der Waals surface area contributed by atoms with Crippen molar-refractivity contribution in [3.63, 3.8) is 0 Å². The number of hydrogen-bond donors (Lipinski definition) is 5. The second-order valence-electron chi connectivity index (χ2n) is 22.9. The first-order valence-electron chi connectivity index (χ1n) is 27.6. The lowest BCUT2D eigenvalue weighted by atomic mass is 9.85. The Hall–Kier alpha value is -6.90. The number of halogens is 3. The standard InChI is InChI=1S/C57H68F3N13O7S2/c1-33(36-6-8-37(9-7-36)51-34(2)65-32-81-51)66-54(77)46-23-41(74)30-73(46)55(78)52(57(3,4)5)67-47(75)31-70-20-18-69(19-21-70)28-35-12-15-71(16-13-35)56-63-25-39(26-64-56)38-22-42-43(27-62-53(42)61-24-38)50(76)48-44(59)10-11-45(49(48)60)68-82(79,80)72-17-14-40(58)29-72/h6-11,22,24-27,32-33,35,40-41,46,52,68,74H,12-21,23,28-31H2,1-5H3,(H,61,62)(H,66,77)(H,67,75)/t33-,40+,41+,46-,52+/m0/s1. The number of amides is 3. The molecule has 436 valence electrons. The molecule has 5 N–H and O–H groups in total. The zero-order valence-electron chi connectivity index (χ0n) is 46.4. The maximum Gasteiger partial charge on any atom is 0.301 e. The summed E-state index contributed by atoms with van der Waals surface area (Å²) < 4.78 is 73.3. The number of thiazole rings is 1. The number of piperazine rings is 1. The Bertz CT molecular complexity index is 3440. The highest BCUT2D eigenvalue weighted by Gasteiger charge is 2.45. The topological polar surface area (TPSA) is 242 Å². The quantitative estimate of drug-likeness (QED) is 0.0672. The Balaban J connectivity index is 0.682. The van der Waals surface area contributed by atoms with E-state index in [0.717, 1.165) is 83.7 Å². The van der Waals surface area contributed by atoms with Crippen molar-refractivity contribution in [3.05, 3.63) is 107 Å². The van der Waals surface area contributed by atoms with Gasteiger partial charge in [0.2, 0.25) is 29.5 Å².